The molecule has 0 bridgehead atoms. The summed E-state index contributed by atoms with van der Waals surface area (Å²) in [6.45, 7) is 1.29. The van der Waals surface area contributed by atoms with Crippen molar-refractivity contribution < 1.29 is 17.9 Å². The summed E-state index contributed by atoms with van der Waals surface area (Å²) in [5, 5.41) is 3.36. The van der Waals surface area contributed by atoms with Gasteiger partial charge in [0, 0.05) is 25.2 Å². The highest BCUT2D eigenvalue weighted by atomic mass is 35.5. The van der Waals surface area contributed by atoms with Crippen molar-refractivity contribution in [2.75, 3.05) is 24.5 Å². The van der Waals surface area contributed by atoms with Crippen LogP contribution in [0.1, 0.15) is 18.4 Å². The molecule has 1 aliphatic heterocycles. The highest BCUT2D eigenvalue weighted by Gasteiger charge is 2.21. The van der Waals surface area contributed by atoms with E-state index in [9.17, 15) is 13.2 Å². The first kappa shape index (κ1) is 20.6. The highest BCUT2D eigenvalue weighted by molar-refractivity contribution is 7.92. The van der Waals surface area contributed by atoms with Gasteiger partial charge in [0.2, 0.25) is 5.91 Å². The molecular formula is C20H23ClN2O4S. The van der Waals surface area contributed by atoms with Gasteiger partial charge in [0.15, 0.2) is 0 Å². The van der Waals surface area contributed by atoms with Crippen LogP contribution in [0.3, 0.4) is 0 Å². The van der Waals surface area contributed by atoms with Crippen LogP contribution in [0.4, 0.5) is 5.69 Å². The Kier molecular flexibility index (Phi) is 6.59. The lowest BCUT2D eigenvalue weighted by Gasteiger charge is -2.20. The summed E-state index contributed by atoms with van der Waals surface area (Å²) in [7, 11) is -2.19. The molecule has 0 saturated carbocycles. The summed E-state index contributed by atoms with van der Waals surface area (Å²) in [5.41, 5.74) is 1.32. The van der Waals surface area contributed by atoms with E-state index in [0.29, 0.717) is 17.3 Å². The number of hydrogen-bond donors (Lipinski definition) is 1. The Bertz CT molecular complexity index is 908. The van der Waals surface area contributed by atoms with E-state index in [1.807, 2.05) is 0 Å². The van der Waals surface area contributed by atoms with Crippen molar-refractivity contribution in [2.45, 2.75) is 30.3 Å². The molecule has 0 unspecified atom stereocenters. The topological polar surface area (TPSA) is 75.7 Å². The molecule has 1 aliphatic rings. The Labute approximate surface area is 170 Å². The third-order valence-electron chi connectivity index (χ3n) is 4.69. The first-order chi connectivity index (χ1) is 13.4. The van der Waals surface area contributed by atoms with Crippen LogP contribution in [0, 0.1) is 0 Å². The SMILES string of the molecule is CN(c1ccc(CC(=O)NC[C@H]2CCCO2)cc1)S(=O)(=O)c1ccc(Cl)cc1. The molecule has 1 saturated heterocycles. The molecule has 0 aromatic heterocycles. The first-order valence-electron chi connectivity index (χ1n) is 9.08. The van der Waals surface area contributed by atoms with Gasteiger partial charge in [-0.25, -0.2) is 8.42 Å². The molecule has 0 spiro atoms. The maximum absolute atomic E-state index is 12.7. The highest BCUT2D eigenvalue weighted by Crippen LogP contribution is 2.23. The number of sulfonamides is 1. The fourth-order valence-corrected chi connectivity index (χ4v) is 4.33. The molecule has 1 amide bonds. The first-order valence-corrected chi connectivity index (χ1v) is 10.9. The normalized spacial score (nSPS) is 16.7. The number of hydrogen-bond acceptors (Lipinski definition) is 4. The van der Waals surface area contributed by atoms with Gasteiger partial charge >= 0.3 is 0 Å². The number of nitrogens with one attached hydrogen (secondary N) is 1. The molecule has 2 aromatic carbocycles. The quantitative estimate of drug-likeness (QED) is 0.744. The lowest BCUT2D eigenvalue weighted by Crippen LogP contribution is -2.32. The second kappa shape index (κ2) is 8.94. The Morgan fingerprint density at radius 2 is 1.86 bits per heavy atom. The van der Waals surface area contributed by atoms with Gasteiger partial charge in [-0.2, -0.15) is 0 Å². The number of rotatable bonds is 7. The second-order valence-corrected chi connectivity index (χ2v) is 9.11. The summed E-state index contributed by atoms with van der Waals surface area (Å²) >= 11 is 5.83. The molecule has 8 heteroatoms. The minimum Gasteiger partial charge on any atom is -0.376 e. The lowest BCUT2D eigenvalue weighted by molar-refractivity contribution is -0.120. The standard InChI is InChI=1S/C20H23ClN2O4S/c1-23(28(25,26)19-10-6-16(21)7-11-19)17-8-4-15(5-9-17)13-20(24)22-14-18-3-2-12-27-18/h4-11,18H,2-3,12-14H2,1H3,(H,22,24)/t18-/m1/s1. The van der Waals surface area contributed by atoms with Crippen LogP contribution in [0.15, 0.2) is 53.4 Å². The van der Waals surface area contributed by atoms with Crippen molar-refractivity contribution in [3.63, 3.8) is 0 Å². The number of halogens is 1. The third kappa shape index (κ3) is 5.04. The van der Waals surface area contributed by atoms with Gasteiger partial charge in [-0.1, -0.05) is 23.7 Å². The molecule has 1 heterocycles. The van der Waals surface area contributed by atoms with E-state index in [0.717, 1.165) is 25.0 Å². The summed E-state index contributed by atoms with van der Waals surface area (Å²) in [6, 6.07) is 12.9. The number of anilines is 1. The zero-order chi connectivity index (χ0) is 20.1. The van der Waals surface area contributed by atoms with Crippen molar-refractivity contribution in [3.05, 3.63) is 59.1 Å². The molecule has 2 aromatic rings. The molecular weight excluding hydrogens is 400 g/mol. The second-order valence-electron chi connectivity index (χ2n) is 6.71. The van der Waals surface area contributed by atoms with E-state index >= 15 is 0 Å². The van der Waals surface area contributed by atoms with Gasteiger partial charge in [-0.3, -0.25) is 9.10 Å². The molecule has 0 aliphatic carbocycles. The molecule has 1 fully saturated rings. The largest absolute Gasteiger partial charge is 0.376 e. The van der Waals surface area contributed by atoms with Crippen LogP contribution < -0.4 is 9.62 Å². The van der Waals surface area contributed by atoms with Crippen molar-refractivity contribution >= 4 is 33.2 Å². The maximum atomic E-state index is 12.7. The maximum Gasteiger partial charge on any atom is 0.264 e. The van der Waals surface area contributed by atoms with Crippen LogP contribution in [0.25, 0.3) is 0 Å². The average molecular weight is 423 g/mol. The third-order valence-corrected chi connectivity index (χ3v) is 6.74. The summed E-state index contributed by atoms with van der Waals surface area (Å²) in [5.74, 6) is -0.0783. The predicted octanol–water partition coefficient (Wildman–Crippen LogP) is 3.00. The van der Waals surface area contributed by atoms with Gasteiger partial charge in [0.1, 0.15) is 0 Å². The minimum absolute atomic E-state index is 0.0783. The van der Waals surface area contributed by atoms with Gasteiger partial charge in [-0.15, -0.1) is 0 Å². The van der Waals surface area contributed by atoms with Crippen LogP contribution in [-0.2, 0) is 26.0 Å². The zero-order valence-corrected chi connectivity index (χ0v) is 17.2. The zero-order valence-electron chi connectivity index (χ0n) is 15.6. The number of ether oxygens (including phenoxy) is 1. The van der Waals surface area contributed by atoms with E-state index in [4.69, 9.17) is 16.3 Å². The van der Waals surface area contributed by atoms with Crippen molar-refractivity contribution in [1.29, 1.82) is 0 Å². The van der Waals surface area contributed by atoms with Crippen LogP contribution in [-0.4, -0.2) is 40.6 Å². The lowest BCUT2D eigenvalue weighted by atomic mass is 10.1. The molecule has 6 nitrogen and oxygen atoms in total. The van der Waals surface area contributed by atoms with E-state index in [2.05, 4.69) is 5.32 Å². The number of nitrogens with zero attached hydrogens (tertiary/aromatic N) is 1. The number of amides is 1. The van der Waals surface area contributed by atoms with Gasteiger partial charge in [-0.05, 0) is 54.8 Å². The summed E-state index contributed by atoms with van der Waals surface area (Å²) < 4.78 is 32.1. The van der Waals surface area contributed by atoms with E-state index in [1.54, 1.807) is 36.4 Å². The molecule has 1 N–H and O–H groups in total. The monoisotopic (exact) mass is 422 g/mol. The van der Waals surface area contributed by atoms with E-state index in [-0.39, 0.29) is 23.3 Å². The predicted molar refractivity (Wildman–Crippen MR) is 109 cm³/mol. The van der Waals surface area contributed by atoms with Gasteiger partial charge in [0.25, 0.3) is 10.0 Å². The Morgan fingerprint density at radius 1 is 1.18 bits per heavy atom. The van der Waals surface area contributed by atoms with Crippen molar-refractivity contribution in [2.24, 2.45) is 0 Å². The van der Waals surface area contributed by atoms with Gasteiger partial charge < -0.3 is 10.1 Å². The molecule has 28 heavy (non-hydrogen) atoms. The number of carbonyl (C=O) groups excluding carboxylic acids is 1. The van der Waals surface area contributed by atoms with Crippen LogP contribution in [0.5, 0.6) is 0 Å². The Balaban J connectivity index is 1.61. The summed E-state index contributed by atoms with van der Waals surface area (Å²) in [4.78, 5) is 12.2. The number of carbonyl (C=O) groups is 1. The minimum atomic E-state index is -3.68. The Morgan fingerprint density at radius 3 is 2.46 bits per heavy atom. The molecule has 3 rings (SSSR count). The van der Waals surface area contributed by atoms with E-state index < -0.39 is 10.0 Å². The van der Waals surface area contributed by atoms with Crippen molar-refractivity contribution in [3.8, 4) is 0 Å². The summed E-state index contributed by atoms with van der Waals surface area (Å²) in [6.07, 6.45) is 2.36. The number of benzene rings is 2. The Hall–Kier alpha value is -2.09. The van der Waals surface area contributed by atoms with Crippen LogP contribution in [0.2, 0.25) is 5.02 Å². The molecule has 0 radical (unpaired) electrons. The van der Waals surface area contributed by atoms with Crippen LogP contribution >= 0.6 is 11.6 Å². The fraction of sp³-hybridized carbons (Fsp3) is 0.350. The van der Waals surface area contributed by atoms with E-state index in [1.165, 1.54) is 23.5 Å². The fourth-order valence-electron chi connectivity index (χ4n) is 3.01. The smallest absolute Gasteiger partial charge is 0.264 e. The average Bonchev–Trinajstić information content (AvgIpc) is 3.20. The molecule has 1 atom stereocenters. The van der Waals surface area contributed by atoms with Gasteiger partial charge in [0.05, 0.1) is 23.1 Å². The molecule has 150 valence electrons. The van der Waals surface area contributed by atoms with Crippen molar-refractivity contribution in [1.82, 2.24) is 5.32 Å².